The zero-order valence-electron chi connectivity index (χ0n) is 8.49. The van der Waals surface area contributed by atoms with Gasteiger partial charge in [-0.3, -0.25) is 0 Å². The first-order chi connectivity index (χ1) is 6.86. The molecule has 2 heterocycles. The van der Waals surface area contributed by atoms with Gasteiger partial charge in [0.05, 0.1) is 11.6 Å². The highest BCUT2D eigenvalue weighted by molar-refractivity contribution is 5.88. The minimum absolute atomic E-state index is 0.920. The minimum atomic E-state index is 0.920. The molecule has 0 bridgehead atoms. The Balaban J connectivity index is 2.57. The van der Waals surface area contributed by atoms with E-state index in [2.05, 4.69) is 22.3 Å². The Morgan fingerprint density at radius 2 is 2.36 bits per heavy atom. The molecule has 0 aromatic carbocycles. The number of hydrogen-bond acceptors (Lipinski definition) is 3. The smallest absolute Gasteiger partial charge is 0.159 e. The van der Waals surface area contributed by atoms with Gasteiger partial charge in [-0.1, -0.05) is 6.92 Å². The largest absolute Gasteiger partial charge is 0.387 e. The van der Waals surface area contributed by atoms with Gasteiger partial charge in [-0.25, -0.2) is 9.67 Å². The van der Waals surface area contributed by atoms with Gasteiger partial charge in [0.2, 0.25) is 0 Å². The molecule has 0 unspecified atom stereocenters. The number of rotatable bonds is 3. The van der Waals surface area contributed by atoms with E-state index >= 15 is 0 Å². The van der Waals surface area contributed by atoms with Crippen LogP contribution in [0.1, 0.15) is 13.3 Å². The number of nitrogens with one attached hydrogen (secondary N) is 1. The zero-order valence-corrected chi connectivity index (χ0v) is 8.49. The molecular formula is C10H14N4. The molecular weight excluding hydrogens is 176 g/mol. The lowest BCUT2D eigenvalue weighted by atomic mass is 10.3. The third-order valence-electron chi connectivity index (χ3n) is 2.24. The van der Waals surface area contributed by atoms with E-state index in [0.717, 1.165) is 29.7 Å². The van der Waals surface area contributed by atoms with Gasteiger partial charge in [-0.2, -0.15) is 5.10 Å². The second kappa shape index (κ2) is 3.65. The molecule has 0 aliphatic heterocycles. The van der Waals surface area contributed by atoms with Gasteiger partial charge in [-0.05, 0) is 12.5 Å². The number of anilines is 1. The van der Waals surface area contributed by atoms with E-state index < -0.39 is 0 Å². The molecule has 0 amide bonds. The predicted octanol–water partition coefficient (Wildman–Crippen LogP) is 1.88. The fourth-order valence-corrected chi connectivity index (χ4v) is 1.57. The number of nitrogens with zero attached hydrogens (tertiary/aromatic N) is 3. The normalized spacial score (nSPS) is 10.7. The summed E-state index contributed by atoms with van der Waals surface area (Å²) in [5.74, 6) is 0. The first kappa shape index (κ1) is 8.99. The Kier molecular flexibility index (Phi) is 2.35. The van der Waals surface area contributed by atoms with Gasteiger partial charge in [0.1, 0.15) is 0 Å². The summed E-state index contributed by atoms with van der Waals surface area (Å²) in [6.07, 6.45) is 4.74. The number of fused-ring (bicyclic) bond motifs is 1. The maximum absolute atomic E-state index is 4.33. The Bertz CT molecular complexity index is 433. The second-order valence-corrected chi connectivity index (χ2v) is 3.21. The number of hydrogen-bond donors (Lipinski definition) is 1. The van der Waals surface area contributed by atoms with Crippen LogP contribution in [0.3, 0.4) is 0 Å². The fourth-order valence-electron chi connectivity index (χ4n) is 1.57. The maximum atomic E-state index is 4.33. The van der Waals surface area contributed by atoms with E-state index in [4.69, 9.17) is 0 Å². The van der Waals surface area contributed by atoms with Crippen molar-refractivity contribution in [2.75, 3.05) is 12.4 Å². The van der Waals surface area contributed by atoms with Crippen LogP contribution in [-0.4, -0.2) is 21.8 Å². The first-order valence-electron chi connectivity index (χ1n) is 4.85. The summed E-state index contributed by atoms with van der Waals surface area (Å²) >= 11 is 0. The van der Waals surface area contributed by atoms with Gasteiger partial charge < -0.3 is 5.32 Å². The van der Waals surface area contributed by atoms with Crippen LogP contribution >= 0.6 is 0 Å². The van der Waals surface area contributed by atoms with Crippen molar-refractivity contribution < 1.29 is 0 Å². The van der Waals surface area contributed by atoms with Crippen LogP contribution in [0.2, 0.25) is 0 Å². The lowest BCUT2D eigenvalue weighted by molar-refractivity contribution is 0.617. The van der Waals surface area contributed by atoms with Crippen molar-refractivity contribution in [3.63, 3.8) is 0 Å². The molecule has 4 heteroatoms. The summed E-state index contributed by atoms with van der Waals surface area (Å²) in [6.45, 7) is 3.05. The molecule has 0 saturated heterocycles. The molecule has 0 saturated carbocycles. The monoisotopic (exact) mass is 190 g/mol. The van der Waals surface area contributed by atoms with E-state index in [1.54, 1.807) is 0 Å². The summed E-state index contributed by atoms with van der Waals surface area (Å²) in [6, 6.07) is 1.96. The predicted molar refractivity (Wildman–Crippen MR) is 57.4 cm³/mol. The van der Waals surface area contributed by atoms with Crippen LogP contribution in [0.15, 0.2) is 18.5 Å². The Labute approximate surface area is 82.9 Å². The van der Waals surface area contributed by atoms with Crippen molar-refractivity contribution in [3.05, 3.63) is 18.5 Å². The van der Waals surface area contributed by atoms with Crippen LogP contribution < -0.4 is 5.32 Å². The van der Waals surface area contributed by atoms with Crippen LogP contribution in [0.25, 0.3) is 11.0 Å². The first-order valence-corrected chi connectivity index (χ1v) is 4.85. The molecule has 14 heavy (non-hydrogen) atoms. The van der Waals surface area contributed by atoms with Crippen LogP contribution in [-0.2, 0) is 6.54 Å². The van der Waals surface area contributed by atoms with Crippen molar-refractivity contribution in [1.82, 2.24) is 14.8 Å². The van der Waals surface area contributed by atoms with Crippen molar-refractivity contribution in [3.8, 4) is 0 Å². The van der Waals surface area contributed by atoms with Crippen LogP contribution in [0.5, 0.6) is 0 Å². The van der Waals surface area contributed by atoms with E-state index in [9.17, 15) is 0 Å². The molecule has 2 aromatic heterocycles. The molecule has 0 radical (unpaired) electrons. The van der Waals surface area contributed by atoms with Gasteiger partial charge in [0, 0.05) is 25.5 Å². The van der Waals surface area contributed by atoms with Crippen molar-refractivity contribution in [2.45, 2.75) is 19.9 Å². The van der Waals surface area contributed by atoms with E-state index in [1.807, 2.05) is 30.2 Å². The van der Waals surface area contributed by atoms with Gasteiger partial charge in [0.15, 0.2) is 5.65 Å². The fraction of sp³-hybridized carbons (Fsp3) is 0.400. The summed E-state index contributed by atoms with van der Waals surface area (Å²) in [5, 5.41) is 8.53. The SMILES string of the molecule is CCCn1ncc2c(NC)ccnc21. The van der Waals surface area contributed by atoms with Gasteiger partial charge in [-0.15, -0.1) is 0 Å². The maximum Gasteiger partial charge on any atom is 0.159 e. The summed E-state index contributed by atoms with van der Waals surface area (Å²) in [4.78, 5) is 4.33. The molecule has 1 N–H and O–H groups in total. The average molecular weight is 190 g/mol. The van der Waals surface area contributed by atoms with Crippen molar-refractivity contribution in [1.29, 1.82) is 0 Å². The molecule has 74 valence electrons. The number of aryl methyl sites for hydroxylation is 1. The third-order valence-corrected chi connectivity index (χ3v) is 2.24. The van der Waals surface area contributed by atoms with Crippen molar-refractivity contribution in [2.24, 2.45) is 0 Å². The molecule has 0 aliphatic carbocycles. The van der Waals surface area contributed by atoms with Crippen LogP contribution in [0, 0.1) is 0 Å². The summed E-state index contributed by atoms with van der Waals surface area (Å²) in [5.41, 5.74) is 2.04. The summed E-state index contributed by atoms with van der Waals surface area (Å²) in [7, 11) is 1.91. The zero-order chi connectivity index (χ0) is 9.97. The lowest BCUT2D eigenvalue weighted by Crippen LogP contribution is -1.99. The highest BCUT2D eigenvalue weighted by Gasteiger charge is 2.05. The molecule has 4 nitrogen and oxygen atoms in total. The lowest BCUT2D eigenvalue weighted by Gasteiger charge is -2.02. The molecule has 0 atom stereocenters. The topological polar surface area (TPSA) is 42.7 Å². The van der Waals surface area contributed by atoms with Crippen LogP contribution in [0.4, 0.5) is 5.69 Å². The minimum Gasteiger partial charge on any atom is -0.387 e. The van der Waals surface area contributed by atoms with Gasteiger partial charge in [0.25, 0.3) is 0 Å². The standard InChI is InChI=1S/C10H14N4/c1-3-6-14-10-8(7-13-14)9(11-2)4-5-12-10/h4-5,7H,3,6H2,1-2H3,(H,11,12). The van der Waals surface area contributed by atoms with Gasteiger partial charge >= 0.3 is 0 Å². The van der Waals surface area contributed by atoms with E-state index in [1.165, 1.54) is 0 Å². The number of aromatic nitrogens is 3. The second-order valence-electron chi connectivity index (χ2n) is 3.21. The molecule has 0 aliphatic rings. The quantitative estimate of drug-likeness (QED) is 0.803. The van der Waals surface area contributed by atoms with Crippen molar-refractivity contribution >= 4 is 16.7 Å². The highest BCUT2D eigenvalue weighted by atomic mass is 15.3. The average Bonchev–Trinajstić information content (AvgIpc) is 2.62. The summed E-state index contributed by atoms with van der Waals surface area (Å²) < 4.78 is 1.94. The Hall–Kier alpha value is -1.58. The number of pyridine rings is 1. The van der Waals surface area contributed by atoms with E-state index in [-0.39, 0.29) is 0 Å². The molecule has 2 rings (SSSR count). The Morgan fingerprint density at radius 3 is 3.07 bits per heavy atom. The highest BCUT2D eigenvalue weighted by Crippen LogP contribution is 2.20. The molecule has 0 spiro atoms. The molecule has 0 fully saturated rings. The molecule has 2 aromatic rings. The van der Waals surface area contributed by atoms with E-state index in [0.29, 0.717) is 0 Å². The third kappa shape index (κ3) is 1.32. The Morgan fingerprint density at radius 1 is 1.50 bits per heavy atom.